The van der Waals surface area contributed by atoms with Gasteiger partial charge in [0.25, 0.3) is 11.6 Å². The average molecular weight is 430 g/mol. The molecule has 1 N–H and O–H groups in total. The molecule has 2 aromatic rings. The number of aromatic nitrogens is 1. The topological polar surface area (TPSA) is 117 Å². The van der Waals surface area contributed by atoms with E-state index in [4.69, 9.17) is 0 Å². The number of amides is 1. The van der Waals surface area contributed by atoms with Gasteiger partial charge in [0.2, 0.25) is 5.78 Å². The van der Waals surface area contributed by atoms with Crippen LogP contribution in [-0.2, 0) is 4.79 Å². The SMILES string of the molecule is Cc1nc(C)c(C(=O)C2=C(O)C(=O)N(CCN(C)C)C2c2ccc([N+](=O)[O-])cc2)s1. The van der Waals surface area contributed by atoms with E-state index in [1.54, 1.807) is 13.8 Å². The van der Waals surface area contributed by atoms with Crippen molar-refractivity contribution in [1.29, 1.82) is 0 Å². The molecule has 1 unspecified atom stereocenters. The van der Waals surface area contributed by atoms with Gasteiger partial charge in [-0.25, -0.2) is 4.98 Å². The number of rotatable bonds is 7. The fraction of sp³-hybridized carbons (Fsp3) is 0.350. The zero-order valence-electron chi connectivity index (χ0n) is 17.1. The van der Waals surface area contributed by atoms with Crippen molar-refractivity contribution in [3.8, 4) is 0 Å². The molecule has 1 aliphatic rings. The summed E-state index contributed by atoms with van der Waals surface area (Å²) in [5.41, 5.74) is 0.917. The van der Waals surface area contributed by atoms with Gasteiger partial charge in [0.15, 0.2) is 5.76 Å². The van der Waals surface area contributed by atoms with Crippen molar-refractivity contribution in [3.63, 3.8) is 0 Å². The number of nitro benzene ring substituents is 1. The molecule has 1 aromatic carbocycles. The second-order valence-corrected chi connectivity index (χ2v) is 8.50. The van der Waals surface area contributed by atoms with Gasteiger partial charge in [-0.1, -0.05) is 0 Å². The first kappa shape index (κ1) is 21.6. The summed E-state index contributed by atoms with van der Waals surface area (Å²) in [6, 6.07) is 4.82. The van der Waals surface area contributed by atoms with Crippen LogP contribution >= 0.6 is 11.3 Å². The quantitative estimate of drug-likeness (QED) is 0.408. The summed E-state index contributed by atoms with van der Waals surface area (Å²) in [6.45, 7) is 4.27. The van der Waals surface area contributed by atoms with E-state index in [0.717, 1.165) is 0 Å². The summed E-state index contributed by atoms with van der Waals surface area (Å²) in [6.07, 6.45) is 0. The molecule has 1 atom stereocenters. The summed E-state index contributed by atoms with van der Waals surface area (Å²) in [4.78, 5) is 44.6. The third-order valence-corrected chi connectivity index (χ3v) is 5.94. The number of aryl methyl sites for hydroxylation is 2. The van der Waals surface area contributed by atoms with E-state index >= 15 is 0 Å². The Hall–Kier alpha value is -3.11. The molecule has 1 amide bonds. The number of likely N-dealkylation sites (N-methyl/N-ethyl adjacent to an activating group) is 1. The number of aliphatic hydroxyl groups excluding tert-OH is 1. The molecule has 0 fully saturated rings. The molecule has 0 bridgehead atoms. The standard InChI is InChI=1S/C20H22N4O5S/c1-11-19(30-12(2)21-11)17(25)15-16(13-5-7-14(8-6-13)24(28)29)23(10-9-22(3)4)20(27)18(15)26/h5-8,16,26H,9-10H2,1-4H3. The minimum Gasteiger partial charge on any atom is -0.503 e. The number of nitrogens with zero attached hydrogens (tertiary/aromatic N) is 4. The maximum atomic E-state index is 13.3. The van der Waals surface area contributed by atoms with Crippen molar-refractivity contribution in [2.45, 2.75) is 19.9 Å². The van der Waals surface area contributed by atoms with E-state index in [1.807, 2.05) is 19.0 Å². The van der Waals surface area contributed by atoms with Crippen molar-refractivity contribution >= 4 is 28.7 Å². The van der Waals surface area contributed by atoms with Gasteiger partial charge in [-0.3, -0.25) is 19.7 Å². The van der Waals surface area contributed by atoms with Crippen molar-refractivity contribution in [3.05, 3.63) is 66.9 Å². The third kappa shape index (κ3) is 3.96. The lowest BCUT2D eigenvalue weighted by Gasteiger charge is -2.27. The van der Waals surface area contributed by atoms with E-state index < -0.39 is 28.4 Å². The summed E-state index contributed by atoms with van der Waals surface area (Å²) in [5.74, 6) is -1.69. The van der Waals surface area contributed by atoms with Crippen LogP contribution in [0.4, 0.5) is 5.69 Å². The molecule has 0 spiro atoms. The van der Waals surface area contributed by atoms with Crippen LogP contribution in [0.3, 0.4) is 0 Å². The molecule has 2 heterocycles. The molecule has 30 heavy (non-hydrogen) atoms. The van der Waals surface area contributed by atoms with Gasteiger partial charge in [-0.15, -0.1) is 11.3 Å². The molecule has 9 nitrogen and oxygen atoms in total. The number of carbonyl (C=O) groups is 2. The van der Waals surface area contributed by atoms with Crippen LogP contribution in [0.2, 0.25) is 0 Å². The molecular formula is C20H22N4O5S. The predicted molar refractivity (Wildman–Crippen MR) is 112 cm³/mol. The number of hydrogen-bond acceptors (Lipinski definition) is 8. The lowest BCUT2D eigenvalue weighted by Crippen LogP contribution is -2.36. The Bertz CT molecular complexity index is 1040. The first-order valence-corrected chi connectivity index (χ1v) is 10.0. The molecule has 1 aliphatic heterocycles. The number of Topliss-reactive ketones (excluding diaryl/α,β-unsaturated/α-hetero) is 1. The minimum absolute atomic E-state index is 0.0284. The van der Waals surface area contributed by atoms with Gasteiger partial charge in [0.05, 0.1) is 32.1 Å². The lowest BCUT2D eigenvalue weighted by molar-refractivity contribution is -0.384. The number of ketones is 1. The van der Waals surface area contributed by atoms with Crippen molar-refractivity contribution in [1.82, 2.24) is 14.8 Å². The molecule has 0 saturated heterocycles. The summed E-state index contributed by atoms with van der Waals surface area (Å²) < 4.78 is 0. The molecule has 1 aromatic heterocycles. The van der Waals surface area contributed by atoms with Gasteiger partial charge < -0.3 is 14.9 Å². The van der Waals surface area contributed by atoms with E-state index in [1.165, 1.54) is 40.5 Å². The monoisotopic (exact) mass is 430 g/mol. The number of nitro groups is 1. The number of carbonyl (C=O) groups excluding carboxylic acids is 2. The number of non-ortho nitro benzene ring substituents is 1. The highest BCUT2D eigenvalue weighted by Crippen LogP contribution is 2.40. The van der Waals surface area contributed by atoms with E-state index in [-0.39, 0.29) is 17.8 Å². The van der Waals surface area contributed by atoms with Crippen LogP contribution in [0.15, 0.2) is 35.6 Å². The molecule has 10 heteroatoms. The lowest BCUT2D eigenvalue weighted by atomic mass is 9.95. The molecule has 0 radical (unpaired) electrons. The van der Waals surface area contributed by atoms with Crippen LogP contribution in [-0.4, -0.2) is 63.7 Å². The van der Waals surface area contributed by atoms with Crippen LogP contribution < -0.4 is 0 Å². The summed E-state index contributed by atoms with van der Waals surface area (Å²) in [7, 11) is 3.70. The number of hydrogen-bond donors (Lipinski definition) is 1. The normalized spacial score (nSPS) is 16.6. The maximum Gasteiger partial charge on any atom is 0.290 e. The zero-order valence-corrected chi connectivity index (χ0v) is 17.9. The highest BCUT2D eigenvalue weighted by Gasteiger charge is 2.44. The Morgan fingerprint density at radius 3 is 2.43 bits per heavy atom. The van der Waals surface area contributed by atoms with Gasteiger partial charge in [0, 0.05) is 25.2 Å². The van der Waals surface area contributed by atoms with Gasteiger partial charge in [-0.05, 0) is 45.6 Å². The fourth-order valence-electron chi connectivity index (χ4n) is 3.41. The first-order chi connectivity index (χ1) is 14.1. The Labute approximate surface area is 177 Å². The van der Waals surface area contributed by atoms with Gasteiger partial charge >= 0.3 is 0 Å². The van der Waals surface area contributed by atoms with Gasteiger partial charge in [-0.2, -0.15) is 0 Å². The highest BCUT2D eigenvalue weighted by molar-refractivity contribution is 7.14. The Balaban J connectivity index is 2.09. The fourth-order valence-corrected chi connectivity index (χ4v) is 4.29. The average Bonchev–Trinajstić information content (AvgIpc) is 3.15. The maximum absolute atomic E-state index is 13.3. The van der Waals surface area contributed by atoms with E-state index in [2.05, 4.69) is 4.98 Å². The van der Waals surface area contributed by atoms with Crippen LogP contribution in [0.1, 0.15) is 32.0 Å². The summed E-state index contributed by atoms with van der Waals surface area (Å²) in [5, 5.41) is 22.3. The molecule has 0 aliphatic carbocycles. The molecule has 3 rings (SSSR count). The Morgan fingerprint density at radius 2 is 1.93 bits per heavy atom. The molecule has 0 saturated carbocycles. The second kappa shape index (κ2) is 8.33. The molecular weight excluding hydrogens is 408 g/mol. The van der Waals surface area contributed by atoms with Crippen molar-refractivity contribution in [2.24, 2.45) is 0 Å². The van der Waals surface area contributed by atoms with Crippen molar-refractivity contribution in [2.75, 3.05) is 27.2 Å². The largest absolute Gasteiger partial charge is 0.503 e. The van der Waals surface area contributed by atoms with E-state index in [9.17, 15) is 24.8 Å². The third-order valence-electron chi connectivity index (χ3n) is 4.87. The first-order valence-electron chi connectivity index (χ1n) is 9.23. The van der Waals surface area contributed by atoms with Crippen LogP contribution in [0.25, 0.3) is 0 Å². The second-order valence-electron chi connectivity index (χ2n) is 7.29. The number of aliphatic hydroxyl groups is 1. The minimum atomic E-state index is -0.840. The van der Waals surface area contributed by atoms with Crippen LogP contribution in [0.5, 0.6) is 0 Å². The van der Waals surface area contributed by atoms with Crippen molar-refractivity contribution < 1.29 is 19.6 Å². The Morgan fingerprint density at radius 1 is 1.30 bits per heavy atom. The predicted octanol–water partition coefficient (Wildman–Crippen LogP) is 2.81. The number of thiazole rings is 1. The molecule has 158 valence electrons. The van der Waals surface area contributed by atoms with Gasteiger partial charge in [0.1, 0.15) is 0 Å². The number of benzene rings is 1. The summed E-state index contributed by atoms with van der Waals surface area (Å²) >= 11 is 1.20. The zero-order chi connectivity index (χ0) is 22.2. The van der Waals surface area contributed by atoms with Crippen LogP contribution in [0, 0.1) is 24.0 Å². The van der Waals surface area contributed by atoms with E-state index in [0.29, 0.717) is 27.7 Å². The Kier molecular flexibility index (Phi) is 5.99. The highest BCUT2D eigenvalue weighted by atomic mass is 32.1. The smallest absolute Gasteiger partial charge is 0.290 e.